The van der Waals surface area contributed by atoms with Crippen molar-refractivity contribution in [3.63, 3.8) is 0 Å². The van der Waals surface area contributed by atoms with Crippen LogP contribution in [0.15, 0.2) is 53.7 Å². The summed E-state index contributed by atoms with van der Waals surface area (Å²) >= 11 is 1.05. The maximum Gasteiger partial charge on any atom is 0.270 e. The Labute approximate surface area is 173 Å². The largest absolute Gasteiger partial charge is 0.494 e. The molecule has 0 atom stereocenters. The number of nitro benzene ring substituents is 1. The summed E-state index contributed by atoms with van der Waals surface area (Å²) in [5.41, 5.74) is 4.86. The molecule has 0 radical (unpaired) electrons. The predicted molar refractivity (Wildman–Crippen MR) is 105 cm³/mol. The molecule has 0 fully saturated rings. The maximum atomic E-state index is 12.1. The third-order valence-corrected chi connectivity index (χ3v) is 4.64. The molecule has 0 spiro atoms. The van der Waals surface area contributed by atoms with Crippen LogP contribution in [0.5, 0.6) is 5.75 Å². The fourth-order valence-corrected chi connectivity index (χ4v) is 3.03. The van der Waals surface area contributed by atoms with Gasteiger partial charge in [-0.2, -0.15) is 4.68 Å². The average molecular weight is 429 g/mol. The zero-order valence-corrected chi connectivity index (χ0v) is 16.3. The van der Waals surface area contributed by atoms with E-state index in [1.165, 1.54) is 30.0 Å². The fourth-order valence-electron chi connectivity index (χ4n) is 2.35. The molecule has 2 amide bonds. The minimum atomic E-state index is -0.684. The third kappa shape index (κ3) is 4.88. The lowest BCUT2D eigenvalue weighted by atomic mass is 10.2. The first kappa shape index (κ1) is 20.7. The molecule has 1 aromatic heterocycles. The van der Waals surface area contributed by atoms with Gasteiger partial charge in [0.15, 0.2) is 0 Å². The van der Waals surface area contributed by atoms with E-state index in [9.17, 15) is 19.7 Å². The van der Waals surface area contributed by atoms with Crippen LogP contribution in [0.4, 0.5) is 5.69 Å². The van der Waals surface area contributed by atoms with E-state index in [1.54, 1.807) is 24.3 Å². The Balaban J connectivity index is 1.57. The predicted octanol–water partition coefficient (Wildman–Crippen LogP) is 1.13. The number of methoxy groups -OCH3 is 1. The van der Waals surface area contributed by atoms with E-state index in [0.29, 0.717) is 16.6 Å². The number of aromatic nitrogens is 4. The number of nitrogens with zero attached hydrogens (tertiary/aromatic N) is 5. The second kappa shape index (κ2) is 9.47. The number of hydrazine groups is 1. The molecular formula is C17H15N7O5S. The Bertz CT molecular complexity index is 1090. The van der Waals surface area contributed by atoms with Crippen molar-refractivity contribution in [2.45, 2.75) is 5.16 Å². The van der Waals surface area contributed by atoms with Crippen molar-refractivity contribution in [1.29, 1.82) is 0 Å². The number of ether oxygens (including phenoxy) is 1. The first-order valence-corrected chi connectivity index (χ1v) is 9.36. The minimum Gasteiger partial charge on any atom is -0.494 e. The number of hydrogen-bond donors (Lipinski definition) is 2. The molecule has 12 nitrogen and oxygen atoms in total. The van der Waals surface area contributed by atoms with Gasteiger partial charge < -0.3 is 4.74 Å². The SMILES string of the molecule is COc1ccccc1-n1nnnc1SCC(=O)NNC(=O)c1cccc([N+](=O)[O-])c1. The summed E-state index contributed by atoms with van der Waals surface area (Å²) in [6.07, 6.45) is 0. The number of nitro groups is 1. The molecule has 0 aliphatic carbocycles. The summed E-state index contributed by atoms with van der Waals surface area (Å²) < 4.78 is 6.71. The van der Waals surface area contributed by atoms with E-state index < -0.39 is 16.7 Å². The van der Waals surface area contributed by atoms with Crippen LogP contribution in [0.3, 0.4) is 0 Å². The van der Waals surface area contributed by atoms with Crippen molar-refractivity contribution in [3.05, 3.63) is 64.2 Å². The first-order chi connectivity index (χ1) is 14.5. The van der Waals surface area contributed by atoms with Crippen LogP contribution in [0.1, 0.15) is 10.4 Å². The van der Waals surface area contributed by atoms with Gasteiger partial charge in [0.2, 0.25) is 11.1 Å². The zero-order chi connectivity index (χ0) is 21.5. The lowest BCUT2D eigenvalue weighted by Gasteiger charge is -2.09. The summed E-state index contributed by atoms with van der Waals surface area (Å²) in [4.78, 5) is 34.3. The highest BCUT2D eigenvalue weighted by Gasteiger charge is 2.16. The Hall–Kier alpha value is -4.00. The number of nitrogens with one attached hydrogen (secondary N) is 2. The van der Waals surface area contributed by atoms with E-state index in [4.69, 9.17) is 4.74 Å². The van der Waals surface area contributed by atoms with Gasteiger partial charge >= 0.3 is 0 Å². The standard InChI is InChI=1S/C17H15N7O5S/c1-29-14-8-3-2-7-13(14)23-17(20-21-22-23)30-10-15(25)18-19-16(26)11-5-4-6-12(9-11)24(27)28/h2-9H,10H2,1H3,(H,18,25)(H,19,26). The molecule has 13 heteroatoms. The Morgan fingerprint density at radius 1 is 1.20 bits per heavy atom. The molecule has 0 aliphatic heterocycles. The number of thioether (sulfide) groups is 1. The van der Waals surface area contributed by atoms with Crippen molar-refractivity contribution >= 4 is 29.3 Å². The van der Waals surface area contributed by atoms with E-state index in [-0.39, 0.29) is 17.0 Å². The fraction of sp³-hybridized carbons (Fsp3) is 0.118. The average Bonchev–Trinajstić information content (AvgIpc) is 3.24. The normalized spacial score (nSPS) is 10.3. The van der Waals surface area contributed by atoms with Gasteiger partial charge in [-0.25, -0.2) is 0 Å². The van der Waals surface area contributed by atoms with E-state index >= 15 is 0 Å². The van der Waals surface area contributed by atoms with Gasteiger partial charge in [-0.1, -0.05) is 30.0 Å². The second-order valence-electron chi connectivity index (χ2n) is 5.64. The third-order valence-electron chi connectivity index (χ3n) is 3.72. The van der Waals surface area contributed by atoms with Gasteiger partial charge in [0.25, 0.3) is 11.6 Å². The van der Waals surface area contributed by atoms with Gasteiger partial charge in [-0.15, -0.1) is 5.10 Å². The number of para-hydroxylation sites is 2. The molecule has 30 heavy (non-hydrogen) atoms. The van der Waals surface area contributed by atoms with Crippen molar-refractivity contribution in [2.75, 3.05) is 12.9 Å². The highest BCUT2D eigenvalue weighted by molar-refractivity contribution is 7.99. The van der Waals surface area contributed by atoms with Gasteiger partial charge in [-0.05, 0) is 28.6 Å². The van der Waals surface area contributed by atoms with Crippen LogP contribution in [-0.2, 0) is 4.79 Å². The van der Waals surface area contributed by atoms with Crippen LogP contribution < -0.4 is 15.6 Å². The van der Waals surface area contributed by atoms with Crippen LogP contribution in [0.25, 0.3) is 5.69 Å². The highest BCUT2D eigenvalue weighted by atomic mass is 32.2. The summed E-state index contributed by atoms with van der Waals surface area (Å²) in [6, 6.07) is 12.3. The molecule has 0 saturated carbocycles. The quantitative estimate of drug-likeness (QED) is 0.319. The molecule has 1 heterocycles. The molecule has 0 bridgehead atoms. The summed E-state index contributed by atoms with van der Waals surface area (Å²) in [5.74, 6) is -0.741. The lowest BCUT2D eigenvalue weighted by Crippen LogP contribution is -2.42. The molecule has 154 valence electrons. The second-order valence-corrected chi connectivity index (χ2v) is 6.59. The van der Waals surface area contributed by atoms with E-state index in [0.717, 1.165) is 17.8 Å². The van der Waals surface area contributed by atoms with Crippen molar-refractivity contribution in [2.24, 2.45) is 0 Å². The van der Waals surface area contributed by atoms with Crippen molar-refractivity contribution in [1.82, 2.24) is 31.1 Å². The van der Waals surface area contributed by atoms with Gasteiger partial charge in [-0.3, -0.25) is 30.6 Å². The molecule has 0 unspecified atom stereocenters. The molecular weight excluding hydrogens is 414 g/mol. The number of carbonyl (C=O) groups is 2. The number of rotatable bonds is 7. The highest BCUT2D eigenvalue weighted by Crippen LogP contribution is 2.25. The molecule has 2 N–H and O–H groups in total. The van der Waals surface area contributed by atoms with Gasteiger partial charge in [0, 0.05) is 17.7 Å². The monoisotopic (exact) mass is 429 g/mol. The Morgan fingerprint density at radius 3 is 2.77 bits per heavy atom. The number of hydrogen-bond acceptors (Lipinski definition) is 9. The van der Waals surface area contributed by atoms with Crippen LogP contribution in [0, 0.1) is 10.1 Å². The number of carbonyl (C=O) groups excluding carboxylic acids is 2. The molecule has 0 saturated heterocycles. The van der Waals surface area contributed by atoms with E-state index in [1.807, 2.05) is 0 Å². The van der Waals surface area contributed by atoms with Gasteiger partial charge in [0.1, 0.15) is 11.4 Å². The van der Waals surface area contributed by atoms with Crippen LogP contribution in [0.2, 0.25) is 0 Å². The Kier molecular flexibility index (Phi) is 6.54. The number of benzene rings is 2. The molecule has 0 aliphatic rings. The Morgan fingerprint density at radius 2 is 2.00 bits per heavy atom. The topological polar surface area (TPSA) is 154 Å². The minimum absolute atomic E-state index is 0.0391. The van der Waals surface area contributed by atoms with Gasteiger partial charge in [0.05, 0.1) is 17.8 Å². The molecule has 3 rings (SSSR count). The van der Waals surface area contributed by atoms with E-state index in [2.05, 4.69) is 26.4 Å². The van der Waals surface area contributed by atoms with Crippen LogP contribution in [-0.4, -0.2) is 49.8 Å². The first-order valence-electron chi connectivity index (χ1n) is 8.38. The zero-order valence-electron chi connectivity index (χ0n) is 15.5. The number of non-ortho nitro benzene ring substituents is 1. The summed E-state index contributed by atoms with van der Waals surface area (Å²) in [7, 11) is 1.52. The lowest BCUT2D eigenvalue weighted by molar-refractivity contribution is -0.384. The van der Waals surface area contributed by atoms with Crippen molar-refractivity contribution in [3.8, 4) is 11.4 Å². The summed E-state index contributed by atoms with van der Waals surface area (Å²) in [6.45, 7) is 0. The smallest absolute Gasteiger partial charge is 0.270 e. The molecule has 2 aromatic carbocycles. The van der Waals surface area contributed by atoms with Crippen LogP contribution >= 0.6 is 11.8 Å². The maximum absolute atomic E-state index is 12.1. The number of tetrazole rings is 1. The molecule has 3 aromatic rings. The summed E-state index contributed by atoms with van der Waals surface area (Å²) in [5, 5.41) is 22.5. The number of amides is 2. The van der Waals surface area contributed by atoms with Crippen molar-refractivity contribution < 1.29 is 19.2 Å².